The number of carbonyl (C=O) groups excluding carboxylic acids is 1. The van der Waals surface area contributed by atoms with E-state index in [0.717, 1.165) is 25.2 Å². The standard InChI is InChI=1S/C19H25Cl2N3O3/c20-16-4-3-14(9-17(16)21)10-18(25)24-8-7-23(13-19(26)27)12-15(24)11-22-5-1-2-6-22/h3-4,9,15H,1-2,5-8,10-13H2,(H,26,27)/t15-/m0/s1. The van der Waals surface area contributed by atoms with E-state index in [4.69, 9.17) is 28.3 Å². The van der Waals surface area contributed by atoms with Gasteiger partial charge >= 0.3 is 5.97 Å². The molecule has 6 nitrogen and oxygen atoms in total. The molecule has 0 unspecified atom stereocenters. The van der Waals surface area contributed by atoms with Crippen LogP contribution in [-0.4, -0.2) is 83.5 Å². The van der Waals surface area contributed by atoms with E-state index in [2.05, 4.69) is 4.90 Å². The Morgan fingerprint density at radius 3 is 2.44 bits per heavy atom. The number of halogens is 2. The monoisotopic (exact) mass is 413 g/mol. The summed E-state index contributed by atoms with van der Waals surface area (Å²) in [6.45, 7) is 4.63. The Bertz CT molecular complexity index is 695. The van der Waals surface area contributed by atoms with Gasteiger partial charge in [0.25, 0.3) is 0 Å². The van der Waals surface area contributed by atoms with Crippen molar-refractivity contribution >= 4 is 35.1 Å². The van der Waals surface area contributed by atoms with Crippen molar-refractivity contribution in [1.82, 2.24) is 14.7 Å². The third kappa shape index (κ3) is 5.57. The molecule has 1 aromatic carbocycles. The third-order valence-electron chi connectivity index (χ3n) is 5.25. The Morgan fingerprint density at radius 1 is 1.04 bits per heavy atom. The maximum atomic E-state index is 13.0. The van der Waals surface area contributed by atoms with E-state index in [-0.39, 0.29) is 24.9 Å². The average Bonchev–Trinajstić information content (AvgIpc) is 3.11. The second kappa shape index (κ2) is 9.24. The highest BCUT2D eigenvalue weighted by atomic mass is 35.5. The molecule has 0 radical (unpaired) electrons. The molecule has 1 N–H and O–H groups in total. The number of likely N-dealkylation sites (tertiary alicyclic amines) is 1. The van der Waals surface area contributed by atoms with Crippen molar-refractivity contribution < 1.29 is 14.7 Å². The lowest BCUT2D eigenvalue weighted by atomic mass is 10.1. The van der Waals surface area contributed by atoms with Crippen LogP contribution in [0.2, 0.25) is 10.0 Å². The first-order valence-corrected chi connectivity index (χ1v) is 10.1. The van der Waals surface area contributed by atoms with Gasteiger partial charge in [-0.2, -0.15) is 0 Å². The lowest BCUT2D eigenvalue weighted by Crippen LogP contribution is -2.59. The molecule has 0 aliphatic carbocycles. The highest BCUT2D eigenvalue weighted by Gasteiger charge is 2.32. The SMILES string of the molecule is O=C(O)CN1CCN(C(=O)Cc2ccc(Cl)c(Cl)c2)[C@@H](CN2CCCC2)C1. The minimum Gasteiger partial charge on any atom is -0.480 e. The van der Waals surface area contributed by atoms with Crippen molar-refractivity contribution in [3.63, 3.8) is 0 Å². The van der Waals surface area contributed by atoms with E-state index in [1.54, 1.807) is 12.1 Å². The van der Waals surface area contributed by atoms with E-state index in [0.29, 0.717) is 29.7 Å². The Hall–Kier alpha value is -1.34. The van der Waals surface area contributed by atoms with Crippen molar-refractivity contribution in [2.45, 2.75) is 25.3 Å². The van der Waals surface area contributed by atoms with E-state index in [1.807, 2.05) is 15.9 Å². The molecule has 0 spiro atoms. The lowest BCUT2D eigenvalue weighted by Gasteiger charge is -2.42. The van der Waals surface area contributed by atoms with Crippen LogP contribution in [0.5, 0.6) is 0 Å². The molecule has 0 bridgehead atoms. The molecule has 3 rings (SSSR count). The van der Waals surface area contributed by atoms with Gasteiger partial charge in [-0.1, -0.05) is 29.3 Å². The zero-order valence-electron chi connectivity index (χ0n) is 15.2. The zero-order chi connectivity index (χ0) is 19.4. The molecule has 27 heavy (non-hydrogen) atoms. The van der Waals surface area contributed by atoms with Crippen molar-refractivity contribution in [2.75, 3.05) is 45.8 Å². The molecule has 0 saturated carbocycles. The minimum atomic E-state index is -0.828. The second-order valence-electron chi connectivity index (χ2n) is 7.30. The molecule has 1 aromatic rings. The average molecular weight is 414 g/mol. The normalized spacial score (nSPS) is 21.6. The van der Waals surface area contributed by atoms with Gasteiger partial charge in [0.2, 0.25) is 5.91 Å². The van der Waals surface area contributed by atoms with Crippen LogP contribution in [0.25, 0.3) is 0 Å². The Balaban J connectivity index is 1.68. The summed E-state index contributed by atoms with van der Waals surface area (Å²) in [7, 11) is 0. The molecule has 0 aromatic heterocycles. The van der Waals surface area contributed by atoms with Crippen LogP contribution in [0.3, 0.4) is 0 Å². The topological polar surface area (TPSA) is 64.1 Å². The van der Waals surface area contributed by atoms with Crippen molar-refractivity contribution in [2.24, 2.45) is 0 Å². The maximum Gasteiger partial charge on any atom is 0.317 e. The zero-order valence-corrected chi connectivity index (χ0v) is 16.8. The predicted molar refractivity (Wildman–Crippen MR) is 105 cm³/mol. The van der Waals surface area contributed by atoms with Gasteiger partial charge < -0.3 is 14.9 Å². The second-order valence-corrected chi connectivity index (χ2v) is 8.12. The van der Waals surface area contributed by atoms with Crippen LogP contribution < -0.4 is 0 Å². The summed E-state index contributed by atoms with van der Waals surface area (Å²) >= 11 is 12.0. The van der Waals surface area contributed by atoms with Crippen LogP contribution in [0.4, 0.5) is 0 Å². The number of benzene rings is 1. The number of rotatable bonds is 6. The molecular formula is C19H25Cl2N3O3. The minimum absolute atomic E-state index is 0.00599. The van der Waals surface area contributed by atoms with Crippen LogP contribution in [0, 0.1) is 0 Å². The molecular weight excluding hydrogens is 389 g/mol. The van der Waals surface area contributed by atoms with Gasteiger partial charge in [-0.3, -0.25) is 14.5 Å². The number of amides is 1. The first-order valence-electron chi connectivity index (χ1n) is 9.32. The predicted octanol–water partition coefficient (Wildman–Crippen LogP) is 2.23. The van der Waals surface area contributed by atoms with E-state index >= 15 is 0 Å². The molecule has 1 amide bonds. The molecule has 2 fully saturated rings. The first kappa shape index (κ1) is 20.4. The quantitative estimate of drug-likeness (QED) is 0.774. The van der Waals surface area contributed by atoms with Gasteiger partial charge in [-0.05, 0) is 43.6 Å². The number of nitrogens with zero attached hydrogens (tertiary/aromatic N) is 3. The highest BCUT2D eigenvalue weighted by molar-refractivity contribution is 6.42. The first-order chi connectivity index (χ1) is 12.9. The van der Waals surface area contributed by atoms with Crippen LogP contribution in [-0.2, 0) is 16.0 Å². The number of carboxylic acid groups (broad SMARTS) is 1. The molecule has 148 valence electrons. The fourth-order valence-electron chi connectivity index (χ4n) is 3.93. The van der Waals surface area contributed by atoms with Crippen LogP contribution in [0.1, 0.15) is 18.4 Å². The number of carbonyl (C=O) groups is 2. The molecule has 2 aliphatic rings. The molecule has 2 saturated heterocycles. The smallest absolute Gasteiger partial charge is 0.317 e. The fourth-order valence-corrected chi connectivity index (χ4v) is 4.25. The summed E-state index contributed by atoms with van der Waals surface area (Å²) < 4.78 is 0. The summed E-state index contributed by atoms with van der Waals surface area (Å²) in [6.07, 6.45) is 2.64. The van der Waals surface area contributed by atoms with Gasteiger partial charge in [0.1, 0.15) is 0 Å². The van der Waals surface area contributed by atoms with E-state index in [9.17, 15) is 9.59 Å². The largest absolute Gasteiger partial charge is 0.480 e. The molecule has 8 heteroatoms. The van der Waals surface area contributed by atoms with Crippen LogP contribution >= 0.6 is 23.2 Å². The molecule has 1 atom stereocenters. The molecule has 2 heterocycles. The van der Waals surface area contributed by atoms with E-state index in [1.165, 1.54) is 12.8 Å². The van der Waals surface area contributed by atoms with Gasteiger partial charge in [0.15, 0.2) is 0 Å². The fraction of sp³-hybridized carbons (Fsp3) is 0.579. The third-order valence-corrected chi connectivity index (χ3v) is 5.99. The van der Waals surface area contributed by atoms with E-state index < -0.39 is 5.97 Å². The summed E-state index contributed by atoms with van der Waals surface area (Å²) in [4.78, 5) is 30.3. The molecule has 2 aliphatic heterocycles. The van der Waals surface area contributed by atoms with Crippen molar-refractivity contribution in [1.29, 1.82) is 0 Å². The summed E-state index contributed by atoms with van der Waals surface area (Å²) in [6, 6.07) is 5.27. The Labute approximate surface area is 169 Å². The number of hydrogen-bond acceptors (Lipinski definition) is 4. The Kier molecular flexibility index (Phi) is 6.98. The number of hydrogen-bond donors (Lipinski definition) is 1. The van der Waals surface area contributed by atoms with Gasteiger partial charge in [0, 0.05) is 26.2 Å². The number of carboxylic acids is 1. The highest BCUT2D eigenvalue weighted by Crippen LogP contribution is 2.23. The Morgan fingerprint density at radius 2 is 1.78 bits per heavy atom. The van der Waals surface area contributed by atoms with Gasteiger partial charge in [-0.15, -0.1) is 0 Å². The summed E-state index contributed by atoms with van der Waals surface area (Å²) in [5, 5.41) is 10.0. The summed E-state index contributed by atoms with van der Waals surface area (Å²) in [5.74, 6) is -0.780. The van der Waals surface area contributed by atoms with Crippen LogP contribution in [0.15, 0.2) is 18.2 Å². The number of aliphatic carboxylic acids is 1. The lowest BCUT2D eigenvalue weighted by molar-refractivity contribution is -0.141. The van der Waals surface area contributed by atoms with Crippen molar-refractivity contribution in [3.05, 3.63) is 33.8 Å². The summed E-state index contributed by atoms with van der Waals surface area (Å²) in [5.41, 5.74) is 0.835. The maximum absolute atomic E-state index is 13.0. The van der Waals surface area contributed by atoms with Gasteiger partial charge in [0.05, 0.1) is 29.1 Å². The van der Waals surface area contributed by atoms with Crippen molar-refractivity contribution in [3.8, 4) is 0 Å². The number of piperazine rings is 1. The van der Waals surface area contributed by atoms with Gasteiger partial charge in [-0.25, -0.2) is 0 Å².